The van der Waals surface area contributed by atoms with Gasteiger partial charge in [-0.3, -0.25) is 9.59 Å². The molecule has 0 atom stereocenters. The summed E-state index contributed by atoms with van der Waals surface area (Å²) in [5.74, 6) is 0.483. The van der Waals surface area contributed by atoms with Crippen molar-refractivity contribution in [2.45, 2.75) is 33.7 Å². The molecule has 0 saturated carbocycles. The predicted octanol–water partition coefficient (Wildman–Crippen LogP) is 5.33. The number of carbonyl (C=O) groups is 2. The number of amides is 2. The number of thiophene rings is 1. The summed E-state index contributed by atoms with van der Waals surface area (Å²) in [6, 6.07) is 7.86. The van der Waals surface area contributed by atoms with E-state index in [1.807, 2.05) is 34.2 Å². The molecule has 0 fully saturated rings. The summed E-state index contributed by atoms with van der Waals surface area (Å²) in [5, 5.41) is 10.1. The first kappa shape index (κ1) is 24.2. The Bertz CT molecular complexity index is 1420. The largest absolute Gasteiger partial charge is 0.495 e. The lowest BCUT2D eigenvalue weighted by molar-refractivity contribution is 0.0924. The van der Waals surface area contributed by atoms with Gasteiger partial charge in [-0.05, 0) is 41.0 Å². The molecule has 2 N–H and O–H groups in total. The van der Waals surface area contributed by atoms with E-state index in [4.69, 9.17) is 9.72 Å². The highest BCUT2D eigenvalue weighted by molar-refractivity contribution is 7.13. The Morgan fingerprint density at radius 3 is 2.67 bits per heavy atom. The molecule has 5 rings (SSSR count). The van der Waals surface area contributed by atoms with E-state index < -0.39 is 0 Å². The van der Waals surface area contributed by atoms with Gasteiger partial charge in [-0.2, -0.15) is 0 Å². The SMILES string of the molecule is COc1cc2c(cc1NC(=O)c1nccs1)-c1c(-c3cccs3)nc(C(=O)NCC(C)(C)C)n1CC2. The van der Waals surface area contributed by atoms with Gasteiger partial charge in [0.15, 0.2) is 10.8 Å². The average molecular weight is 522 g/mol. The third-order valence-corrected chi connectivity index (χ3v) is 7.51. The first-order valence-corrected chi connectivity index (χ1v) is 13.4. The molecular weight excluding hydrogens is 494 g/mol. The van der Waals surface area contributed by atoms with E-state index in [-0.39, 0.29) is 17.2 Å². The van der Waals surface area contributed by atoms with E-state index in [2.05, 4.69) is 36.4 Å². The highest BCUT2D eigenvalue weighted by Gasteiger charge is 2.30. The van der Waals surface area contributed by atoms with Crippen LogP contribution >= 0.6 is 22.7 Å². The van der Waals surface area contributed by atoms with Crippen molar-refractivity contribution in [3.63, 3.8) is 0 Å². The van der Waals surface area contributed by atoms with Crippen LogP contribution in [0.3, 0.4) is 0 Å². The van der Waals surface area contributed by atoms with Crippen LogP contribution in [0.1, 0.15) is 46.8 Å². The first-order chi connectivity index (χ1) is 17.2. The van der Waals surface area contributed by atoms with Gasteiger partial charge in [0, 0.05) is 30.2 Å². The smallest absolute Gasteiger partial charge is 0.287 e. The van der Waals surface area contributed by atoms with Gasteiger partial charge in [0.25, 0.3) is 11.8 Å². The summed E-state index contributed by atoms with van der Waals surface area (Å²) < 4.78 is 7.61. The van der Waals surface area contributed by atoms with Gasteiger partial charge in [-0.25, -0.2) is 9.97 Å². The van der Waals surface area contributed by atoms with Crippen molar-refractivity contribution in [1.29, 1.82) is 0 Å². The van der Waals surface area contributed by atoms with Crippen molar-refractivity contribution in [1.82, 2.24) is 19.9 Å². The van der Waals surface area contributed by atoms with Crippen LogP contribution in [0.2, 0.25) is 0 Å². The lowest BCUT2D eigenvalue weighted by Gasteiger charge is -2.23. The second kappa shape index (κ2) is 9.51. The first-order valence-electron chi connectivity index (χ1n) is 11.6. The van der Waals surface area contributed by atoms with Gasteiger partial charge in [0.05, 0.1) is 23.4 Å². The number of anilines is 1. The minimum absolute atomic E-state index is 0.0444. The van der Waals surface area contributed by atoms with Crippen LogP contribution < -0.4 is 15.4 Å². The molecule has 0 bridgehead atoms. The quantitative estimate of drug-likeness (QED) is 0.358. The number of carbonyl (C=O) groups excluding carboxylic acids is 2. The maximum Gasteiger partial charge on any atom is 0.287 e. The van der Waals surface area contributed by atoms with Crippen molar-refractivity contribution in [2.75, 3.05) is 19.0 Å². The molecule has 0 radical (unpaired) electrons. The zero-order valence-corrected chi connectivity index (χ0v) is 22.2. The second-order valence-electron chi connectivity index (χ2n) is 9.76. The minimum atomic E-state index is -0.298. The van der Waals surface area contributed by atoms with Crippen molar-refractivity contribution in [3.8, 4) is 27.6 Å². The summed E-state index contributed by atoms with van der Waals surface area (Å²) in [4.78, 5) is 35.9. The molecule has 1 aliphatic rings. The van der Waals surface area contributed by atoms with Crippen molar-refractivity contribution in [2.24, 2.45) is 5.41 Å². The van der Waals surface area contributed by atoms with Crippen LogP contribution in [0.5, 0.6) is 5.75 Å². The lowest BCUT2D eigenvalue weighted by atomic mass is 9.95. The maximum absolute atomic E-state index is 13.2. The zero-order valence-electron chi connectivity index (χ0n) is 20.5. The summed E-state index contributed by atoms with van der Waals surface area (Å²) in [6.07, 6.45) is 2.31. The molecule has 4 aromatic rings. The molecule has 2 amide bonds. The molecule has 0 unspecified atom stereocenters. The number of aryl methyl sites for hydroxylation is 1. The van der Waals surface area contributed by atoms with Crippen LogP contribution in [0.15, 0.2) is 41.2 Å². The Morgan fingerprint density at radius 1 is 1.17 bits per heavy atom. The van der Waals surface area contributed by atoms with Crippen molar-refractivity contribution in [3.05, 3.63) is 57.6 Å². The number of fused-ring (bicyclic) bond motifs is 3. The third-order valence-electron chi connectivity index (χ3n) is 5.86. The van der Waals surface area contributed by atoms with Gasteiger partial charge in [0.2, 0.25) is 0 Å². The van der Waals surface area contributed by atoms with Gasteiger partial charge in [-0.15, -0.1) is 22.7 Å². The van der Waals surface area contributed by atoms with E-state index in [0.717, 1.165) is 27.4 Å². The third kappa shape index (κ3) is 4.66. The van der Waals surface area contributed by atoms with E-state index in [0.29, 0.717) is 41.8 Å². The Hall–Kier alpha value is -3.50. The lowest BCUT2D eigenvalue weighted by Crippen LogP contribution is -2.34. The Labute approximate surface area is 217 Å². The topological polar surface area (TPSA) is 98.1 Å². The summed E-state index contributed by atoms with van der Waals surface area (Å²) in [6.45, 7) is 7.40. The molecule has 36 heavy (non-hydrogen) atoms. The molecule has 10 heteroatoms. The van der Waals surface area contributed by atoms with Crippen molar-refractivity contribution >= 4 is 40.2 Å². The van der Waals surface area contributed by atoms with Crippen LogP contribution in [-0.2, 0) is 13.0 Å². The second-order valence-corrected chi connectivity index (χ2v) is 11.6. The van der Waals surface area contributed by atoms with E-state index in [1.165, 1.54) is 11.3 Å². The van der Waals surface area contributed by atoms with E-state index >= 15 is 0 Å². The highest BCUT2D eigenvalue weighted by atomic mass is 32.1. The van der Waals surface area contributed by atoms with E-state index in [1.54, 1.807) is 30.0 Å². The number of nitrogens with zero attached hydrogens (tertiary/aromatic N) is 3. The number of aromatic nitrogens is 3. The van der Waals surface area contributed by atoms with Crippen LogP contribution in [0, 0.1) is 5.41 Å². The monoisotopic (exact) mass is 521 g/mol. The fraction of sp³-hybridized carbons (Fsp3) is 0.308. The fourth-order valence-electron chi connectivity index (χ4n) is 4.19. The number of methoxy groups -OCH3 is 1. The predicted molar refractivity (Wildman–Crippen MR) is 143 cm³/mol. The molecule has 4 heterocycles. The summed E-state index contributed by atoms with van der Waals surface area (Å²) in [7, 11) is 1.59. The molecule has 8 nitrogen and oxygen atoms in total. The summed E-state index contributed by atoms with van der Waals surface area (Å²) in [5.41, 5.74) is 4.12. The Kier molecular flexibility index (Phi) is 6.40. The van der Waals surface area contributed by atoms with E-state index in [9.17, 15) is 9.59 Å². The van der Waals surface area contributed by atoms with Gasteiger partial charge < -0.3 is 19.9 Å². The van der Waals surface area contributed by atoms with Gasteiger partial charge in [0.1, 0.15) is 11.4 Å². The zero-order chi connectivity index (χ0) is 25.4. The van der Waals surface area contributed by atoms with Crippen LogP contribution in [0.4, 0.5) is 5.69 Å². The average Bonchev–Trinajstić information content (AvgIpc) is 3.62. The maximum atomic E-state index is 13.2. The molecular formula is C26H27N5O3S2. The van der Waals surface area contributed by atoms with Crippen LogP contribution in [-0.4, -0.2) is 40.0 Å². The molecule has 0 aliphatic carbocycles. The Morgan fingerprint density at radius 2 is 2.00 bits per heavy atom. The molecule has 186 valence electrons. The number of rotatable bonds is 6. The summed E-state index contributed by atoms with van der Waals surface area (Å²) >= 11 is 2.85. The molecule has 3 aromatic heterocycles. The number of hydrogen-bond donors (Lipinski definition) is 2. The normalized spacial score (nSPS) is 12.6. The molecule has 1 aliphatic heterocycles. The minimum Gasteiger partial charge on any atom is -0.495 e. The number of ether oxygens (including phenoxy) is 1. The van der Waals surface area contributed by atoms with Crippen molar-refractivity contribution < 1.29 is 14.3 Å². The molecule has 0 spiro atoms. The van der Waals surface area contributed by atoms with Gasteiger partial charge >= 0.3 is 0 Å². The number of hydrogen-bond acceptors (Lipinski definition) is 7. The number of thiazole rings is 1. The van der Waals surface area contributed by atoms with Gasteiger partial charge in [-0.1, -0.05) is 26.8 Å². The van der Waals surface area contributed by atoms with Crippen LogP contribution in [0.25, 0.3) is 21.8 Å². The molecule has 1 aromatic carbocycles. The fourth-order valence-corrected chi connectivity index (χ4v) is 5.43. The number of imidazole rings is 1. The molecule has 0 saturated heterocycles. The highest BCUT2D eigenvalue weighted by Crippen LogP contribution is 2.43. The standard InChI is InChI=1S/C26H27N5O3S2/c1-26(2,3)14-28-23(32)22-30-20(19-6-5-10-35-19)21-16-13-17(29-24(33)25-27-8-11-36-25)18(34-4)12-15(16)7-9-31(21)22/h5-6,8,10-13H,7,9,14H2,1-4H3,(H,28,32)(H,29,33). The Balaban J connectivity index is 1.61. The number of nitrogens with one attached hydrogen (secondary N) is 2. The number of benzene rings is 1.